The van der Waals surface area contributed by atoms with Crippen LogP contribution < -0.4 is 14.8 Å². The third-order valence-electron chi connectivity index (χ3n) is 2.85. The zero-order valence-corrected chi connectivity index (χ0v) is 9.99. The Hall–Kier alpha value is -1.29. The van der Waals surface area contributed by atoms with Gasteiger partial charge in [0, 0.05) is 25.1 Å². The Morgan fingerprint density at radius 3 is 2.94 bits per heavy atom. The summed E-state index contributed by atoms with van der Waals surface area (Å²) in [5.41, 5.74) is 0.882. The van der Waals surface area contributed by atoms with Crippen LogP contribution in [-0.2, 0) is 0 Å². The summed E-state index contributed by atoms with van der Waals surface area (Å²) in [5, 5.41) is 3.35. The second-order valence-electron chi connectivity index (χ2n) is 4.24. The highest BCUT2D eigenvalue weighted by Crippen LogP contribution is 2.23. The molecule has 4 heteroatoms. The Balaban J connectivity index is 2.04. The van der Waals surface area contributed by atoms with Crippen molar-refractivity contribution in [3.63, 3.8) is 0 Å². The van der Waals surface area contributed by atoms with Crippen molar-refractivity contribution in [2.24, 2.45) is 0 Å². The van der Waals surface area contributed by atoms with Crippen molar-refractivity contribution in [1.29, 1.82) is 0 Å². The Morgan fingerprint density at radius 2 is 2.31 bits per heavy atom. The average molecular weight is 222 g/mol. The molecule has 0 amide bonds. The Morgan fingerprint density at radius 1 is 1.50 bits per heavy atom. The summed E-state index contributed by atoms with van der Waals surface area (Å²) in [6, 6.07) is 2.43. The van der Waals surface area contributed by atoms with E-state index in [1.165, 1.54) is 0 Å². The summed E-state index contributed by atoms with van der Waals surface area (Å²) >= 11 is 0. The van der Waals surface area contributed by atoms with Crippen LogP contribution in [0.2, 0.25) is 0 Å². The molecule has 1 N–H and O–H groups in total. The quantitative estimate of drug-likeness (QED) is 0.842. The molecule has 1 fully saturated rings. The van der Waals surface area contributed by atoms with Crippen molar-refractivity contribution in [1.82, 2.24) is 10.3 Å². The number of hydrogen-bond acceptors (Lipinski definition) is 4. The largest absolute Gasteiger partial charge is 0.495 e. The Labute approximate surface area is 96.0 Å². The van der Waals surface area contributed by atoms with E-state index in [1.807, 2.05) is 13.0 Å². The summed E-state index contributed by atoms with van der Waals surface area (Å²) in [6.45, 7) is 4.98. The van der Waals surface area contributed by atoms with Crippen molar-refractivity contribution >= 4 is 0 Å². The van der Waals surface area contributed by atoms with Crippen molar-refractivity contribution in [3.05, 3.63) is 18.0 Å². The normalized spacial score (nSPS) is 24.4. The summed E-state index contributed by atoms with van der Waals surface area (Å²) in [6.07, 6.45) is 3.03. The van der Waals surface area contributed by atoms with Crippen LogP contribution in [0, 0.1) is 6.92 Å². The van der Waals surface area contributed by atoms with Crippen LogP contribution in [0.4, 0.5) is 0 Å². The fourth-order valence-electron chi connectivity index (χ4n) is 1.94. The van der Waals surface area contributed by atoms with Crippen molar-refractivity contribution in [2.75, 3.05) is 13.7 Å². The molecule has 88 valence electrons. The fraction of sp³-hybridized carbons (Fsp3) is 0.583. The van der Waals surface area contributed by atoms with Gasteiger partial charge < -0.3 is 14.8 Å². The molecule has 0 aromatic carbocycles. The molecule has 0 aliphatic carbocycles. The van der Waals surface area contributed by atoms with E-state index < -0.39 is 0 Å². The Kier molecular flexibility index (Phi) is 3.29. The number of nitrogens with zero attached hydrogens (tertiary/aromatic N) is 1. The monoisotopic (exact) mass is 222 g/mol. The van der Waals surface area contributed by atoms with Gasteiger partial charge in [0.15, 0.2) is 0 Å². The van der Waals surface area contributed by atoms with Crippen LogP contribution in [0.25, 0.3) is 0 Å². The maximum Gasteiger partial charge on any atom is 0.143 e. The third kappa shape index (κ3) is 2.44. The van der Waals surface area contributed by atoms with Crippen LogP contribution >= 0.6 is 0 Å². The molecule has 2 atom stereocenters. The SMILES string of the molecule is COc1cc(O[C@H]2CN[C@@H](C)C2)cnc1C. The first-order chi connectivity index (χ1) is 7.69. The smallest absolute Gasteiger partial charge is 0.143 e. The molecule has 1 aromatic heterocycles. The molecule has 0 bridgehead atoms. The Bertz CT molecular complexity index is 368. The van der Waals surface area contributed by atoms with Gasteiger partial charge in [-0.05, 0) is 13.8 Å². The zero-order valence-electron chi connectivity index (χ0n) is 9.99. The number of aryl methyl sites for hydroxylation is 1. The second kappa shape index (κ2) is 4.70. The maximum absolute atomic E-state index is 5.84. The van der Waals surface area contributed by atoms with Crippen LogP contribution in [-0.4, -0.2) is 30.8 Å². The number of pyridine rings is 1. The molecule has 0 unspecified atom stereocenters. The lowest BCUT2D eigenvalue weighted by molar-refractivity contribution is 0.218. The predicted octanol–water partition coefficient (Wildman–Crippen LogP) is 1.53. The lowest BCUT2D eigenvalue weighted by Crippen LogP contribution is -2.20. The van der Waals surface area contributed by atoms with E-state index in [2.05, 4.69) is 17.2 Å². The number of rotatable bonds is 3. The highest BCUT2D eigenvalue weighted by molar-refractivity contribution is 5.34. The van der Waals surface area contributed by atoms with Gasteiger partial charge in [0.1, 0.15) is 17.6 Å². The van der Waals surface area contributed by atoms with Gasteiger partial charge in [-0.2, -0.15) is 0 Å². The van der Waals surface area contributed by atoms with E-state index in [4.69, 9.17) is 9.47 Å². The van der Waals surface area contributed by atoms with Gasteiger partial charge in [-0.15, -0.1) is 0 Å². The molecule has 1 aliphatic heterocycles. The molecular weight excluding hydrogens is 204 g/mol. The van der Waals surface area contributed by atoms with E-state index in [0.29, 0.717) is 6.04 Å². The summed E-state index contributed by atoms with van der Waals surface area (Å²) in [5.74, 6) is 1.56. The number of nitrogens with one attached hydrogen (secondary N) is 1. The van der Waals surface area contributed by atoms with Crippen molar-refractivity contribution in [2.45, 2.75) is 32.4 Å². The van der Waals surface area contributed by atoms with Gasteiger partial charge in [-0.1, -0.05) is 0 Å². The molecule has 16 heavy (non-hydrogen) atoms. The van der Waals surface area contributed by atoms with Gasteiger partial charge in [0.2, 0.25) is 0 Å². The van der Waals surface area contributed by atoms with Crippen LogP contribution in [0.5, 0.6) is 11.5 Å². The first-order valence-electron chi connectivity index (χ1n) is 5.59. The predicted molar refractivity (Wildman–Crippen MR) is 62.0 cm³/mol. The highest BCUT2D eigenvalue weighted by Gasteiger charge is 2.22. The number of ether oxygens (including phenoxy) is 2. The average Bonchev–Trinajstić information content (AvgIpc) is 2.67. The topological polar surface area (TPSA) is 43.4 Å². The van der Waals surface area contributed by atoms with Gasteiger partial charge in [-0.25, -0.2) is 0 Å². The van der Waals surface area contributed by atoms with Crippen molar-refractivity contribution < 1.29 is 9.47 Å². The van der Waals surface area contributed by atoms with E-state index in [1.54, 1.807) is 13.3 Å². The molecule has 2 heterocycles. The minimum atomic E-state index is 0.240. The van der Waals surface area contributed by atoms with Crippen LogP contribution in [0.3, 0.4) is 0 Å². The van der Waals surface area contributed by atoms with E-state index >= 15 is 0 Å². The number of methoxy groups -OCH3 is 1. The highest BCUT2D eigenvalue weighted by atomic mass is 16.5. The minimum absolute atomic E-state index is 0.240. The molecule has 1 saturated heterocycles. The second-order valence-corrected chi connectivity index (χ2v) is 4.24. The molecule has 1 aliphatic rings. The standard InChI is InChI=1S/C12H18N2O2/c1-8-4-10(6-13-8)16-11-5-12(15-3)9(2)14-7-11/h5,7-8,10,13H,4,6H2,1-3H3/t8-,10+/m0/s1. The minimum Gasteiger partial charge on any atom is -0.495 e. The van der Waals surface area contributed by atoms with Gasteiger partial charge in [0.05, 0.1) is 19.0 Å². The molecule has 2 rings (SSSR count). The van der Waals surface area contributed by atoms with Gasteiger partial charge in [0.25, 0.3) is 0 Å². The first-order valence-corrected chi connectivity index (χ1v) is 5.59. The van der Waals surface area contributed by atoms with E-state index in [9.17, 15) is 0 Å². The molecular formula is C12H18N2O2. The third-order valence-corrected chi connectivity index (χ3v) is 2.85. The van der Waals surface area contributed by atoms with Crippen LogP contribution in [0.1, 0.15) is 19.0 Å². The number of hydrogen-bond donors (Lipinski definition) is 1. The van der Waals surface area contributed by atoms with Gasteiger partial charge in [-0.3, -0.25) is 4.98 Å². The number of aromatic nitrogens is 1. The molecule has 0 saturated carbocycles. The molecule has 1 aromatic rings. The summed E-state index contributed by atoms with van der Waals surface area (Å²) < 4.78 is 11.1. The molecule has 4 nitrogen and oxygen atoms in total. The lowest BCUT2D eigenvalue weighted by atomic mass is 10.2. The molecule has 0 radical (unpaired) electrons. The first kappa shape index (κ1) is 11.2. The van der Waals surface area contributed by atoms with E-state index in [-0.39, 0.29) is 6.10 Å². The summed E-state index contributed by atoms with van der Waals surface area (Å²) in [4.78, 5) is 4.24. The maximum atomic E-state index is 5.84. The zero-order chi connectivity index (χ0) is 11.5. The van der Waals surface area contributed by atoms with Crippen molar-refractivity contribution in [3.8, 4) is 11.5 Å². The van der Waals surface area contributed by atoms with Crippen LogP contribution in [0.15, 0.2) is 12.3 Å². The molecule has 0 spiro atoms. The van der Waals surface area contributed by atoms with E-state index in [0.717, 1.165) is 30.2 Å². The lowest BCUT2D eigenvalue weighted by Gasteiger charge is -2.13. The fourth-order valence-corrected chi connectivity index (χ4v) is 1.94. The summed E-state index contributed by atoms with van der Waals surface area (Å²) in [7, 11) is 1.65. The van der Waals surface area contributed by atoms with Gasteiger partial charge >= 0.3 is 0 Å².